The van der Waals surface area contributed by atoms with Crippen molar-refractivity contribution in [3.05, 3.63) is 24.2 Å². The number of nitrogens with zero attached hydrogens (tertiary/aromatic N) is 3. The Kier molecular flexibility index (Phi) is 3.09. The van der Waals surface area contributed by atoms with Gasteiger partial charge in [-0.05, 0) is 19.4 Å². The topological polar surface area (TPSA) is 91.0 Å². The van der Waals surface area contributed by atoms with Gasteiger partial charge in [0.15, 0.2) is 5.65 Å². The molecule has 3 rings (SSSR count). The number of aromatic amines is 1. The maximum atomic E-state index is 12.5. The van der Waals surface area contributed by atoms with Crippen molar-refractivity contribution in [1.82, 2.24) is 25.2 Å². The molecule has 1 saturated heterocycles. The van der Waals surface area contributed by atoms with Crippen LogP contribution in [0.15, 0.2) is 18.6 Å². The molecule has 0 radical (unpaired) electrons. The zero-order valence-corrected chi connectivity index (χ0v) is 11.1. The molecule has 2 N–H and O–H groups in total. The largest absolute Gasteiger partial charge is 0.354 e. The molecule has 1 unspecified atom stereocenters. The molecule has 104 valence electrons. The van der Waals surface area contributed by atoms with Crippen LogP contribution < -0.4 is 5.32 Å². The van der Waals surface area contributed by atoms with Gasteiger partial charge in [-0.1, -0.05) is 0 Å². The van der Waals surface area contributed by atoms with Crippen molar-refractivity contribution in [3.8, 4) is 0 Å². The van der Waals surface area contributed by atoms with Gasteiger partial charge in [-0.2, -0.15) is 0 Å². The first kappa shape index (κ1) is 12.6. The number of fused-ring (bicyclic) bond motifs is 1. The first-order valence-corrected chi connectivity index (χ1v) is 6.58. The summed E-state index contributed by atoms with van der Waals surface area (Å²) in [7, 11) is 0. The van der Waals surface area contributed by atoms with Crippen molar-refractivity contribution < 1.29 is 9.59 Å². The third-order valence-corrected chi connectivity index (χ3v) is 3.52. The minimum atomic E-state index is -0.384. The van der Waals surface area contributed by atoms with Crippen LogP contribution in [0.4, 0.5) is 0 Å². The lowest BCUT2D eigenvalue weighted by molar-refractivity contribution is -0.123. The second-order valence-corrected chi connectivity index (χ2v) is 4.68. The number of carbonyl (C=O) groups is 2. The molecule has 1 aliphatic rings. The Bertz CT molecular complexity index is 666. The molecule has 20 heavy (non-hydrogen) atoms. The molecule has 0 aromatic carbocycles. The van der Waals surface area contributed by atoms with Crippen LogP contribution in [-0.4, -0.2) is 50.8 Å². The molecule has 0 saturated carbocycles. The molecule has 1 atom stereocenters. The minimum absolute atomic E-state index is 0.0872. The van der Waals surface area contributed by atoms with E-state index < -0.39 is 0 Å². The molecule has 0 aliphatic carbocycles. The van der Waals surface area contributed by atoms with E-state index in [1.807, 2.05) is 6.92 Å². The highest BCUT2D eigenvalue weighted by Crippen LogP contribution is 2.16. The summed E-state index contributed by atoms with van der Waals surface area (Å²) >= 11 is 0. The third-order valence-electron chi connectivity index (χ3n) is 3.52. The first-order chi connectivity index (χ1) is 9.70. The molecule has 0 spiro atoms. The molecule has 2 amide bonds. The highest BCUT2D eigenvalue weighted by atomic mass is 16.2. The molecule has 3 heterocycles. The number of likely N-dealkylation sites (N-methyl/N-ethyl adjacent to an activating group) is 1. The van der Waals surface area contributed by atoms with Crippen LogP contribution >= 0.6 is 0 Å². The van der Waals surface area contributed by atoms with E-state index in [0.29, 0.717) is 36.2 Å². The summed E-state index contributed by atoms with van der Waals surface area (Å²) in [6, 6.07) is 1.33. The molecule has 1 fully saturated rings. The van der Waals surface area contributed by atoms with Gasteiger partial charge < -0.3 is 15.2 Å². The van der Waals surface area contributed by atoms with E-state index in [1.165, 1.54) is 12.5 Å². The number of aromatic nitrogens is 3. The Hall–Kier alpha value is -2.44. The molecule has 2 aromatic heterocycles. The number of rotatable bonds is 3. The minimum Gasteiger partial charge on any atom is -0.354 e. The van der Waals surface area contributed by atoms with Crippen LogP contribution in [0.25, 0.3) is 11.2 Å². The summed E-state index contributed by atoms with van der Waals surface area (Å²) in [5.41, 5.74) is 1.74. The molecule has 7 heteroatoms. The number of H-pyrrole nitrogens is 1. The van der Waals surface area contributed by atoms with Gasteiger partial charge in [0.1, 0.15) is 6.04 Å². The molecule has 1 aliphatic heterocycles. The number of hydrogen-bond donors (Lipinski definition) is 2. The van der Waals surface area contributed by atoms with E-state index in [9.17, 15) is 9.59 Å². The van der Waals surface area contributed by atoms with Crippen LogP contribution in [-0.2, 0) is 4.79 Å². The summed E-state index contributed by atoms with van der Waals surface area (Å²) in [6.45, 7) is 2.97. The predicted octanol–water partition coefficient (Wildman–Crippen LogP) is 0.308. The number of carbonyl (C=O) groups excluding carboxylic acids is 2. The van der Waals surface area contributed by atoms with E-state index in [4.69, 9.17) is 0 Å². The lowest BCUT2D eigenvalue weighted by atomic mass is 10.1. The fraction of sp³-hybridized carbons (Fsp3) is 0.385. The Morgan fingerprint density at radius 3 is 3.05 bits per heavy atom. The summed E-state index contributed by atoms with van der Waals surface area (Å²) < 4.78 is 0. The maximum absolute atomic E-state index is 12.5. The first-order valence-electron chi connectivity index (χ1n) is 6.58. The van der Waals surface area contributed by atoms with E-state index in [2.05, 4.69) is 20.3 Å². The Morgan fingerprint density at radius 1 is 1.50 bits per heavy atom. The number of hydrogen-bond acceptors (Lipinski definition) is 4. The molecular weight excluding hydrogens is 258 g/mol. The van der Waals surface area contributed by atoms with Crippen molar-refractivity contribution in [2.24, 2.45) is 0 Å². The SMILES string of the molecule is CCN(C(=O)c1cnc2nc[nH]c2c1)C1CCNC1=O. The Labute approximate surface area is 115 Å². The lowest BCUT2D eigenvalue weighted by Gasteiger charge is -2.25. The normalized spacial score (nSPS) is 18.2. The lowest BCUT2D eigenvalue weighted by Crippen LogP contribution is -2.44. The highest BCUT2D eigenvalue weighted by Gasteiger charge is 2.32. The van der Waals surface area contributed by atoms with Gasteiger partial charge in [0, 0.05) is 19.3 Å². The van der Waals surface area contributed by atoms with Crippen LogP contribution in [0.1, 0.15) is 23.7 Å². The molecule has 7 nitrogen and oxygen atoms in total. The highest BCUT2D eigenvalue weighted by molar-refractivity contribution is 5.99. The zero-order valence-electron chi connectivity index (χ0n) is 11.1. The summed E-state index contributed by atoms with van der Waals surface area (Å²) in [6.07, 6.45) is 3.69. The Morgan fingerprint density at radius 2 is 2.35 bits per heavy atom. The predicted molar refractivity (Wildman–Crippen MR) is 72.0 cm³/mol. The summed E-state index contributed by atoms with van der Waals surface area (Å²) in [5.74, 6) is -0.269. The van der Waals surface area contributed by atoms with Crippen LogP contribution in [0.5, 0.6) is 0 Å². The van der Waals surface area contributed by atoms with Crippen LogP contribution in [0.3, 0.4) is 0 Å². The van der Waals surface area contributed by atoms with Gasteiger partial charge in [0.05, 0.1) is 17.4 Å². The van der Waals surface area contributed by atoms with E-state index >= 15 is 0 Å². The van der Waals surface area contributed by atoms with Crippen molar-refractivity contribution in [1.29, 1.82) is 0 Å². The number of pyridine rings is 1. The second-order valence-electron chi connectivity index (χ2n) is 4.68. The van der Waals surface area contributed by atoms with Crippen LogP contribution in [0, 0.1) is 0 Å². The quantitative estimate of drug-likeness (QED) is 0.842. The van der Waals surface area contributed by atoms with Crippen molar-refractivity contribution >= 4 is 23.0 Å². The average Bonchev–Trinajstić information content (AvgIpc) is 3.08. The summed E-state index contributed by atoms with van der Waals surface area (Å²) in [4.78, 5) is 37.0. The van der Waals surface area contributed by atoms with Gasteiger partial charge in [0.25, 0.3) is 5.91 Å². The monoisotopic (exact) mass is 273 g/mol. The van der Waals surface area contributed by atoms with Gasteiger partial charge >= 0.3 is 0 Å². The van der Waals surface area contributed by atoms with Gasteiger partial charge in [0.2, 0.25) is 5.91 Å². The molecular formula is C13H15N5O2. The second kappa shape index (κ2) is 4.92. The molecule has 2 aromatic rings. The standard InChI is InChI=1S/C13H15N5O2/c1-2-18(10-3-4-14-12(10)19)13(20)8-5-9-11(15-6-8)17-7-16-9/h5-7,10H,2-4H2,1H3,(H,14,19)(H,15,16,17). The fourth-order valence-electron chi connectivity index (χ4n) is 2.50. The number of imidazole rings is 1. The van der Waals surface area contributed by atoms with Gasteiger partial charge in [-0.25, -0.2) is 9.97 Å². The van der Waals surface area contributed by atoms with Crippen LogP contribution in [0.2, 0.25) is 0 Å². The third kappa shape index (κ3) is 2.01. The fourth-order valence-corrected chi connectivity index (χ4v) is 2.50. The maximum Gasteiger partial charge on any atom is 0.256 e. The smallest absolute Gasteiger partial charge is 0.256 e. The van der Waals surface area contributed by atoms with E-state index in [-0.39, 0.29) is 17.9 Å². The van der Waals surface area contributed by atoms with Crippen molar-refractivity contribution in [3.63, 3.8) is 0 Å². The summed E-state index contributed by atoms with van der Waals surface area (Å²) in [5, 5.41) is 2.75. The van der Waals surface area contributed by atoms with Crippen molar-refractivity contribution in [2.45, 2.75) is 19.4 Å². The Balaban J connectivity index is 1.90. The molecule has 0 bridgehead atoms. The van der Waals surface area contributed by atoms with Crippen molar-refractivity contribution in [2.75, 3.05) is 13.1 Å². The number of nitrogens with one attached hydrogen (secondary N) is 2. The van der Waals surface area contributed by atoms with Gasteiger partial charge in [-0.15, -0.1) is 0 Å². The zero-order chi connectivity index (χ0) is 14.1. The van der Waals surface area contributed by atoms with Gasteiger partial charge in [-0.3, -0.25) is 9.59 Å². The van der Waals surface area contributed by atoms with E-state index in [0.717, 1.165) is 0 Å². The van der Waals surface area contributed by atoms with E-state index in [1.54, 1.807) is 11.0 Å². The number of amides is 2. The average molecular weight is 273 g/mol.